The number of nitriles is 1. The average molecular weight is 486 g/mol. The predicted molar refractivity (Wildman–Crippen MR) is 122 cm³/mol. The molecule has 2 bridgehead atoms. The first-order valence-electron chi connectivity index (χ1n) is 11.5. The normalized spacial score (nSPS) is 21.6. The summed E-state index contributed by atoms with van der Waals surface area (Å²) in [4.78, 5) is 19.8. The summed E-state index contributed by atoms with van der Waals surface area (Å²) in [7, 11) is 1.48. The van der Waals surface area contributed by atoms with E-state index < -0.39 is 12.7 Å². The Balaban J connectivity index is 1.63. The fraction of sp³-hybridized carbons (Fsp3) is 0.458. The van der Waals surface area contributed by atoms with Gasteiger partial charge in [-0.05, 0) is 49.9 Å². The lowest BCUT2D eigenvalue weighted by Gasteiger charge is -2.27. The molecule has 3 atom stereocenters. The van der Waals surface area contributed by atoms with Gasteiger partial charge >= 0.3 is 6.18 Å². The van der Waals surface area contributed by atoms with Crippen LogP contribution in [-0.2, 0) is 13.1 Å². The Labute approximate surface area is 199 Å². The molecule has 35 heavy (non-hydrogen) atoms. The standard InChI is InChI=1S/C24H25F3N6O2/c1-3-31-21-16(30-22(31)18-7-5-15(10-28)33(18)12-24(25,26)27)8-14(9-19(21)35-2)23(34)32-11-13-4-6-17(32)20(13)29/h5,7-9,13,17,20H,3-4,6,11-12,29H2,1-2H3/t13-,17-,20-/m1/s1. The first-order valence-corrected chi connectivity index (χ1v) is 11.5. The van der Waals surface area contributed by atoms with Crippen LogP contribution in [0.5, 0.6) is 5.75 Å². The van der Waals surface area contributed by atoms with E-state index in [0.717, 1.165) is 17.4 Å². The number of nitrogens with zero attached hydrogens (tertiary/aromatic N) is 5. The van der Waals surface area contributed by atoms with Crippen LogP contribution in [0.2, 0.25) is 0 Å². The van der Waals surface area contributed by atoms with Gasteiger partial charge in [0.25, 0.3) is 5.91 Å². The Hall–Kier alpha value is -3.52. The maximum Gasteiger partial charge on any atom is 0.406 e. The number of carbonyl (C=O) groups is 1. The fourth-order valence-corrected chi connectivity index (χ4v) is 5.57. The third-order valence-corrected chi connectivity index (χ3v) is 7.17. The molecule has 0 unspecified atom stereocenters. The van der Waals surface area contributed by atoms with Gasteiger partial charge < -0.3 is 24.5 Å². The number of methoxy groups -OCH3 is 1. The minimum atomic E-state index is -4.52. The molecule has 184 valence electrons. The number of likely N-dealkylation sites (tertiary alicyclic amines) is 1. The molecule has 3 aromatic rings. The lowest BCUT2D eigenvalue weighted by atomic mass is 10.1. The van der Waals surface area contributed by atoms with Crippen molar-refractivity contribution in [2.75, 3.05) is 13.7 Å². The van der Waals surface area contributed by atoms with E-state index in [1.807, 2.05) is 17.9 Å². The smallest absolute Gasteiger partial charge is 0.406 e. The molecule has 2 aromatic heterocycles. The van der Waals surface area contributed by atoms with Crippen molar-refractivity contribution in [3.63, 3.8) is 0 Å². The molecule has 2 N–H and O–H groups in total. The summed E-state index contributed by atoms with van der Waals surface area (Å²) in [6, 6.07) is 7.90. The number of ether oxygens (including phenoxy) is 1. The molecule has 1 saturated carbocycles. The number of aryl methyl sites for hydroxylation is 1. The number of amides is 1. The Bertz CT molecular complexity index is 1350. The number of aromatic nitrogens is 3. The van der Waals surface area contributed by atoms with Crippen molar-refractivity contribution in [2.24, 2.45) is 11.7 Å². The highest BCUT2D eigenvalue weighted by molar-refractivity contribution is 6.00. The van der Waals surface area contributed by atoms with Crippen molar-refractivity contribution in [3.8, 4) is 23.3 Å². The Kier molecular flexibility index (Phi) is 5.51. The summed E-state index contributed by atoms with van der Waals surface area (Å²) in [5, 5.41) is 9.35. The van der Waals surface area contributed by atoms with Crippen molar-refractivity contribution < 1.29 is 22.7 Å². The lowest BCUT2D eigenvalue weighted by molar-refractivity contribution is -0.140. The van der Waals surface area contributed by atoms with Gasteiger partial charge in [-0.2, -0.15) is 18.4 Å². The van der Waals surface area contributed by atoms with Crippen LogP contribution in [0.25, 0.3) is 22.6 Å². The minimum Gasteiger partial charge on any atom is -0.494 e. The molecule has 11 heteroatoms. The van der Waals surface area contributed by atoms with Gasteiger partial charge in [0.05, 0.1) is 18.3 Å². The van der Waals surface area contributed by atoms with E-state index in [9.17, 15) is 23.2 Å². The van der Waals surface area contributed by atoms with Crippen LogP contribution in [0, 0.1) is 17.2 Å². The predicted octanol–water partition coefficient (Wildman–Crippen LogP) is 3.53. The topological polar surface area (TPSA) is 102 Å². The van der Waals surface area contributed by atoms with Gasteiger partial charge in [0, 0.05) is 30.7 Å². The first kappa shape index (κ1) is 23.2. The van der Waals surface area contributed by atoms with Gasteiger partial charge in [-0.25, -0.2) is 4.98 Å². The zero-order valence-electron chi connectivity index (χ0n) is 19.3. The highest BCUT2D eigenvalue weighted by Crippen LogP contribution is 2.39. The summed E-state index contributed by atoms with van der Waals surface area (Å²) < 4.78 is 48.1. The van der Waals surface area contributed by atoms with Crippen molar-refractivity contribution in [2.45, 2.75) is 51.1 Å². The van der Waals surface area contributed by atoms with Crippen LogP contribution in [0.4, 0.5) is 13.2 Å². The van der Waals surface area contributed by atoms with Gasteiger partial charge in [0.15, 0.2) is 5.82 Å². The van der Waals surface area contributed by atoms with Crippen LogP contribution in [0.3, 0.4) is 0 Å². The van der Waals surface area contributed by atoms with E-state index >= 15 is 0 Å². The zero-order chi connectivity index (χ0) is 25.1. The molecule has 1 aliphatic heterocycles. The first-order chi connectivity index (χ1) is 16.7. The number of rotatable bonds is 5. The van der Waals surface area contributed by atoms with Crippen molar-refractivity contribution in [1.82, 2.24) is 19.0 Å². The average Bonchev–Trinajstić information content (AvgIpc) is 3.57. The number of benzene rings is 1. The van der Waals surface area contributed by atoms with Crippen LogP contribution < -0.4 is 10.5 Å². The van der Waals surface area contributed by atoms with Gasteiger partial charge in [-0.1, -0.05) is 0 Å². The number of alkyl halides is 3. The van der Waals surface area contributed by atoms with E-state index in [1.165, 1.54) is 19.2 Å². The number of piperidine rings is 1. The van der Waals surface area contributed by atoms with Gasteiger partial charge in [-0.15, -0.1) is 0 Å². The van der Waals surface area contributed by atoms with E-state index in [4.69, 9.17) is 10.5 Å². The molecule has 0 radical (unpaired) electrons. The summed E-state index contributed by atoms with van der Waals surface area (Å²) in [6.07, 6.45) is -2.62. The SMILES string of the molecule is CCn1c(-c2ccc(C#N)n2CC(F)(F)F)nc2cc(C(=O)N3C[C@H]4CC[C@@H]3[C@@H]4N)cc(OC)c21. The summed E-state index contributed by atoms with van der Waals surface area (Å²) in [6.45, 7) is 1.53. The van der Waals surface area contributed by atoms with Gasteiger partial charge in [0.1, 0.15) is 29.6 Å². The number of hydrogen-bond donors (Lipinski definition) is 1. The summed E-state index contributed by atoms with van der Waals surface area (Å²) in [5.41, 5.74) is 7.71. The molecule has 2 aliphatic rings. The molecule has 8 nitrogen and oxygen atoms in total. The second kappa shape index (κ2) is 8.30. The van der Waals surface area contributed by atoms with Crippen LogP contribution in [0.15, 0.2) is 24.3 Å². The van der Waals surface area contributed by atoms with E-state index in [1.54, 1.807) is 16.7 Å². The van der Waals surface area contributed by atoms with Gasteiger partial charge in [0.2, 0.25) is 0 Å². The third kappa shape index (κ3) is 3.72. The maximum atomic E-state index is 13.4. The molecular weight excluding hydrogens is 461 g/mol. The van der Waals surface area contributed by atoms with E-state index in [2.05, 4.69) is 4.98 Å². The molecule has 1 aliphatic carbocycles. The lowest BCUT2D eigenvalue weighted by Crippen LogP contribution is -2.41. The van der Waals surface area contributed by atoms with Crippen LogP contribution >= 0.6 is 0 Å². The third-order valence-electron chi connectivity index (χ3n) is 7.17. The summed E-state index contributed by atoms with van der Waals surface area (Å²) >= 11 is 0. The molecule has 2 fully saturated rings. The molecule has 1 saturated heterocycles. The molecule has 5 rings (SSSR count). The molecule has 1 aromatic carbocycles. The van der Waals surface area contributed by atoms with E-state index in [0.29, 0.717) is 41.4 Å². The van der Waals surface area contributed by atoms with Crippen LogP contribution in [0.1, 0.15) is 35.8 Å². The van der Waals surface area contributed by atoms with Crippen LogP contribution in [-0.4, -0.2) is 56.8 Å². The molecular formula is C24H25F3N6O2. The number of imidazole rings is 1. The Morgan fingerprint density at radius 1 is 1.29 bits per heavy atom. The maximum absolute atomic E-state index is 13.4. The van der Waals surface area contributed by atoms with Crippen molar-refractivity contribution in [1.29, 1.82) is 5.26 Å². The molecule has 1 amide bonds. The fourth-order valence-electron chi connectivity index (χ4n) is 5.57. The number of nitrogens with two attached hydrogens (primary N) is 1. The number of carbonyl (C=O) groups excluding carboxylic acids is 1. The highest BCUT2D eigenvalue weighted by Gasteiger charge is 2.47. The highest BCUT2D eigenvalue weighted by atomic mass is 19.4. The largest absolute Gasteiger partial charge is 0.494 e. The Morgan fingerprint density at radius 2 is 2.06 bits per heavy atom. The number of fused-ring (bicyclic) bond motifs is 3. The summed E-state index contributed by atoms with van der Waals surface area (Å²) in [5.74, 6) is 0.803. The molecule has 3 heterocycles. The zero-order valence-corrected chi connectivity index (χ0v) is 19.3. The number of hydrogen-bond acceptors (Lipinski definition) is 5. The quantitative estimate of drug-likeness (QED) is 0.595. The number of halogens is 3. The monoisotopic (exact) mass is 486 g/mol. The van der Waals surface area contributed by atoms with E-state index in [-0.39, 0.29) is 35.2 Å². The van der Waals surface area contributed by atoms with Gasteiger partial charge in [-0.3, -0.25) is 4.79 Å². The minimum absolute atomic E-state index is 0.00741. The second-order valence-electron chi connectivity index (χ2n) is 9.08. The van der Waals surface area contributed by atoms with Crippen molar-refractivity contribution >= 4 is 16.9 Å². The van der Waals surface area contributed by atoms with Crippen molar-refractivity contribution in [3.05, 3.63) is 35.5 Å². The second-order valence-corrected chi connectivity index (χ2v) is 9.08. The molecule has 0 spiro atoms. The Morgan fingerprint density at radius 3 is 2.63 bits per heavy atom.